The lowest BCUT2D eigenvalue weighted by Crippen LogP contribution is -2.37. The van der Waals surface area contributed by atoms with Gasteiger partial charge in [-0.1, -0.05) is 23.7 Å². The van der Waals surface area contributed by atoms with Crippen LogP contribution in [0.1, 0.15) is 60.6 Å². The van der Waals surface area contributed by atoms with Crippen LogP contribution >= 0.6 is 11.6 Å². The third-order valence-corrected chi connectivity index (χ3v) is 6.90. The van der Waals surface area contributed by atoms with Crippen LogP contribution in [0.3, 0.4) is 0 Å². The van der Waals surface area contributed by atoms with Gasteiger partial charge in [0.2, 0.25) is 0 Å². The standard InChI is InChI=1S/C23H23ClFNO2/c24-16-6-1-13(2-7-16)12-26-22-15(9-21(27)28)5-8-18(22)20-11-17(25)10-19(23(20)26)14-3-4-14/h1-2,6-7,10-11,14-15,18,22H,3-5,8-9,12H2,(H,27,28)/t15-,18?,22?/m1/s1. The third-order valence-electron chi connectivity index (χ3n) is 6.64. The monoisotopic (exact) mass is 399 g/mol. The third kappa shape index (κ3) is 3.08. The Labute approximate surface area is 169 Å². The van der Waals surface area contributed by atoms with E-state index in [-0.39, 0.29) is 30.1 Å². The number of carboxylic acid groups (broad SMARTS) is 1. The minimum atomic E-state index is -0.748. The second-order valence-corrected chi connectivity index (χ2v) is 8.93. The highest BCUT2D eigenvalue weighted by Gasteiger charge is 2.49. The molecular weight excluding hydrogens is 377 g/mol. The fourth-order valence-electron chi connectivity index (χ4n) is 5.40. The summed E-state index contributed by atoms with van der Waals surface area (Å²) >= 11 is 6.05. The minimum absolute atomic E-state index is 0.0947. The molecule has 2 aromatic carbocycles. The predicted octanol–water partition coefficient (Wildman–Crippen LogP) is 5.71. The van der Waals surface area contributed by atoms with E-state index < -0.39 is 5.97 Å². The van der Waals surface area contributed by atoms with Gasteiger partial charge < -0.3 is 10.0 Å². The summed E-state index contributed by atoms with van der Waals surface area (Å²) in [4.78, 5) is 13.9. The van der Waals surface area contributed by atoms with Crippen LogP contribution in [-0.2, 0) is 11.3 Å². The van der Waals surface area contributed by atoms with Gasteiger partial charge in [-0.25, -0.2) is 4.39 Å². The van der Waals surface area contributed by atoms with Gasteiger partial charge in [0.1, 0.15) is 5.82 Å². The average Bonchev–Trinajstić information content (AvgIpc) is 3.35. The van der Waals surface area contributed by atoms with Gasteiger partial charge in [0.15, 0.2) is 0 Å². The van der Waals surface area contributed by atoms with Crippen molar-refractivity contribution in [3.63, 3.8) is 0 Å². The second-order valence-electron chi connectivity index (χ2n) is 8.49. The number of nitrogens with zero attached hydrogens (tertiary/aromatic N) is 1. The zero-order valence-corrected chi connectivity index (χ0v) is 16.3. The summed E-state index contributed by atoms with van der Waals surface area (Å²) in [5.41, 5.74) is 4.52. The Kier molecular flexibility index (Phi) is 4.35. The summed E-state index contributed by atoms with van der Waals surface area (Å²) < 4.78 is 14.4. The Morgan fingerprint density at radius 1 is 1.11 bits per heavy atom. The van der Waals surface area contributed by atoms with Crippen LogP contribution in [0, 0.1) is 11.7 Å². The van der Waals surface area contributed by atoms with E-state index >= 15 is 0 Å². The van der Waals surface area contributed by atoms with Gasteiger partial charge in [0.25, 0.3) is 0 Å². The van der Waals surface area contributed by atoms with Crippen LogP contribution in [0.4, 0.5) is 10.1 Å². The molecule has 2 aliphatic carbocycles. The molecule has 2 aromatic rings. The number of benzene rings is 2. The van der Waals surface area contributed by atoms with E-state index in [9.17, 15) is 14.3 Å². The van der Waals surface area contributed by atoms with Crippen molar-refractivity contribution in [2.45, 2.75) is 56.5 Å². The van der Waals surface area contributed by atoms with E-state index in [0.717, 1.165) is 42.4 Å². The van der Waals surface area contributed by atoms with Crippen molar-refractivity contribution in [1.82, 2.24) is 0 Å². The first-order valence-corrected chi connectivity index (χ1v) is 10.5. The molecule has 0 aromatic heterocycles. The van der Waals surface area contributed by atoms with Gasteiger partial charge in [-0.15, -0.1) is 0 Å². The van der Waals surface area contributed by atoms with Crippen LogP contribution in [0.5, 0.6) is 0 Å². The summed E-state index contributed by atoms with van der Waals surface area (Å²) in [5.74, 6) is -0.151. The largest absolute Gasteiger partial charge is 0.481 e. The van der Waals surface area contributed by atoms with Gasteiger partial charge in [0, 0.05) is 29.2 Å². The van der Waals surface area contributed by atoms with Crippen molar-refractivity contribution in [2.75, 3.05) is 4.90 Å². The molecule has 28 heavy (non-hydrogen) atoms. The van der Waals surface area contributed by atoms with Gasteiger partial charge in [0.05, 0.1) is 6.42 Å². The van der Waals surface area contributed by atoms with Crippen LogP contribution in [0.2, 0.25) is 5.02 Å². The number of carboxylic acids is 1. The molecule has 5 heteroatoms. The van der Waals surface area contributed by atoms with E-state index in [4.69, 9.17) is 11.6 Å². The number of aliphatic carboxylic acids is 1. The van der Waals surface area contributed by atoms with Crippen molar-refractivity contribution >= 4 is 23.3 Å². The van der Waals surface area contributed by atoms with Crippen molar-refractivity contribution in [1.29, 1.82) is 0 Å². The lowest BCUT2D eigenvalue weighted by molar-refractivity contribution is -0.138. The van der Waals surface area contributed by atoms with E-state index in [1.165, 1.54) is 5.69 Å². The zero-order chi connectivity index (χ0) is 19.4. The quantitative estimate of drug-likeness (QED) is 0.699. The van der Waals surface area contributed by atoms with E-state index in [2.05, 4.69) is 4.90 Å². The molecule has 0 amide bonds. The fraction of sp³-hybridized carbons (Fsp3) is 0.435. The Balaban J connectivity index is 1.59. The lowest BCUT2D eigenvalue weighted by Gasteiger charge is -2.32. The number of anilines is 1. The van der Waals surface area contributed by atoms with Gasteiger partial charge >= 0.3 is 5.97 Å². The molecule has 1 N–H and O–H groups in total. The van der Waals surface area contributed by atoms with Gasteiger partial charge in [-0.05, 0) is 78.5 Å². The molecular formula is C23H23ClFNO2. The number of carbonyl (C=O) groups is 1. The first-order chi connectivity index (χ1) is 13.5. The number of rotatable bonds is 5. The summed E-state index contributed by atoms with van der Waals surface area (Å²) in [6, 6.07) is 11.4. The summed E-state index contributed by atoms with van der Waals surface area (Å²) in [7, 11) is 0. The summed E-state index contributed by atoms with van der Waals surface area (Å²) in [6.07, 6.45) is 4.21. The molecule has 5 rings (SSSR count). The Bertz CT molecular complexity index is 925. The lowest BCUT2D eigenvalue weighted by atomic mass is 9.92. The van der Waals surface area contributed by atoms with Gasteiger partial charge in [-0.3, -0.25) is 4.79 Å². The fourth-order valence-corrected chi connectivity index (χ4v) is 5.53. The molecule has 3 aliphatic rings. The van der Waals surface area contributed by atoms with Crippen LogP contribution in [0.15, 0.2) is 36.4 Å². The molecule has 0 radical (unpaired) electrons. The first-order valence-electron chi connectivity index (χ1n) is 10.1. The summed E-state index contributed by atoms with van der Waals surface area (Å²) in [5, 5.41) is 10.1. The molecule has 1 heterocycles. The molecule has 0 saturated heterocycles. The molecule has 146 valence electrons. The molecule has 2 fully saturated rings. The highest BCUT2D eigenvalue weighted by molar-refractivity contribution is 6.30. The topological polar surface area (TPSA) is 40.5 Å². The maximum absolute atomic E-state index is 14.4. The molecule has 3 atom stereocenters. The highest BCUT2D eigenvalue weighted by atomic mass is 35.5. The molecule has 1 aliphatic heterocycles. The maximum atomic E-state index is 14.4. The molecule has 2 unspecified atom stereocenters. The average molecular weight is 400 g/mol. The van der Waals surface area contributed by atoms with Crippen molar-refractivity contribution < 1.29 is 14.3 Å². The van der Waals surface area contributed by atoms with E-state index in [1.54, 1.807) is 12.1 Å². The Morgan fingerprint density at radius 2 is 1.82 bits per heavy atom. The summed E-state index contributed by atoms with van der Waals surface area (Å²) in [6.45, 7) is 0.701. The molecule has 2 saturated carbocycles. The van der Waals surface area contributed by atoms with Crippen LogP contribution in [0.25, 0.3) is 0 Å². The first kappa shape index (κ1) is 18.0. The van der Waals surface area contributed by atoms with Crippen molar-refractivity contribution in [2.24, 2.45) is 5.92 Å². The van der Waals surface area contributed by atoms with E-state index in [1.807, 2.05) is 24.3 Å². The smallest absolute Gasteiger partial charge is 0.303 e. The van der Waals surface area contributed by atoms with Crippen molar-refractivity contribution in [3.05, 3.63) is 63.9 Å². The van der Waals surface area contributed by atoms with Gasteiger partial charge in [-0.2, -0.15) is 0 Å². The van der Waals surface area contributed by atoms with Crippen molar-refractivity contribution in [3.8, 4) is 0 Å². The van der Waals surface area contributed by atoms with Crippen LogP contribution in [-0.4, -0.2) is 17.1 Å². The molecule has 0 spiro atoms. The predicted molar refractivity (Wildman–Crippen MR) is 108 cm³/mol. The Hall–Kier alpha value is -2.07. The maximum Gasteiger partial charge on any atom is 0.303 e. The number of fused-ring (bicyclic) bond motifs is 3. The SMILES string of the molecule is O=C(O)C[C@H]1CCC2c3cc(F)cc(C4CC4)c3N(Cc3ccc(Cl)cc3)C21. The number of hydrogen-bond donors (Lipinski definition) is 1. The Morgan fingerprint density at radius 3 is 2.50 bits per heavy atom. The molecule has 0 bridgehead atoms. The zero-order valence-electron chi connectivity index (χ0n) is 15.6. The highest BCUT2D eigenvalue weighted by Crippen LogP contribution is 2.57. The normalized spacial score (nSPS) is 25.6. The van der Waals surface area contributed by atoms with E-state index in [0.29, 0.717) is 17.5 Å². The van der Waals surface area contributed by atoms with Crippen LogP contribution < -0.4 is 4.90 Å². The minimum Gasteiger partial charge on any atom is -0.481 e. The number of hydrogen-bond acceptors (Lipinski definition) is 2. The second kappa shape index (κ2) is 6.77. The number of halogens is 2. The molecule has 3 nitrogen and oxygen atoms in total.